The van der Waals surface area contributed by atoms with Crippen molar-refractivity contribution in [2.24, 2.45) is 5.10 Å². The van der Waals surface area contributed by atoms with E-state index in [2.05, 4.69) is 15.5 Å². The molecule has 0 atom stereocenters. The van der Waals surface area contributed by atoms with Crippen molar-refractivity contribution >= 4 is 34.4 Å². The summed E-state index contributed by atoms with van der Waals surface area (Å²) in [5, 5.41) is 6.79. The molecule has 0 radical (unpaired) electrons. The number of thiophene rings is 1. The number of para-hydroxylation sites is 1. The van der Waals surface area contributed by atoms with E-state index in [4.69, 9.17) is 0 Å². The molecule has 0 unspecified atom stereocenters. The Morgan fingerprint density at radius 1 is 1.14 bits per heavy atom. The fraction of sp³-hybridized carbons (Fsp3) is 0.0455. The van der Waals surface area contributed by atoms with Crippen molar-refractivity contribution in [2.75, 3.05) is 0 Å². The highest BCUT2D eigenvalue weighted by Gasteiger charge is 2.13. The molecule has 4 nitrogen and oxygen atoms in total. The van der Waals surface area contributed by atoms with E-state index >= 15 is 0 Å². The molecule has 4 rings (SSSR count). The zero-order valence-corrected chi connectivity index (χ0v) is 15.8. The molecule has 6 heteroatoms. The Balaban J connectivity index is 1.70. The topological polar surface area (TPSA) is 54.4 Å². The van der Waals surface area contributed by atoms with Crippen molar-refractivity contribution < 1.29 is 9.18 Å². The van der Waals surface area contributed by atoms with Gasteiger partial charge in [0.25, 0.3) is 5.91 Å². The van der Waals surface area contributed by atoms with Crippen molar-refractivity contribution in [3.8, 4) is 11.3 Å². The van der Waals surface area contributed by atoms with Crippen LogP contribution >= 0.6 is 11.3 Å². The second-order valence-corrected chi connectivity index (χ2v) is 7.19. The Labute approximate surface area is 165 Å². The maximum absolute atomic E-state index is 13.2. The molecule has 2 heterocycles. The van der Waals surface area contributed by atoms with Gasteiger partial charge in [-0.1, -0.05) is 18.2 Å². The number of aryl methyl sites for hydroxylation is 1. The van der Waals surface area contributed by atoms with Crippen molar-refractivity contribution in [1.29, 1.82) is 0 Å². The van der Waals surface area contributed by atoms with Gasteiger partial charge < -0.3 is 0 Å². The van der Waals surface area contributed by atoms with E-state index in [1.807, 2.05) is 42.6 Å². The van der Waals surface area contributed by atoms with Crippen molar-refractivity contribution in [2.45, 2.75) is 6.92 Å². The molecule has 0 saturated carbocycles. The lowest BCUT2D eigenvalue weighted by Gasteiger charge is -2.09. The molecule has 0 bridgehead atoms. The summed E-state index contributed by atoms with van der Waals surface area (Å²) in [6.07, 6.45) is 1.64. The van der Waals surface area contributed by atoms with Crippen molar-refractivity contribution in [1.82, 2.24) is 10.4 Å². The molecule has 0 aliphatic carbocycles. The van der Waals surface area contributed by atoms with Crippen LogP contribution in [0.15, 0.2) is 71.1 Å². The molecule has 138 valence electrons. The first-order chi connectivity index (χ1) is 13.6. The zero-order chi connectivity index (χ0) is 19.5. The Morgan fingerprint density at radius 3 is 2.68 bits per heavy atom. The number of pyridine rings is 1. The summed E-state index contributed by atoms with van der Waals surface area (Å²) < 4.78 is 13.2. The summed E-state index contributed by atoms with van der Waals surface area (Å²) in [6, 6.07) is 17.2. The number of halogens is 1. The van der Waals surface area contributed by atoms with Gasteiger partial charge in [0.2, 0.25) is 0 Å². The number of hydrogen-bond donors (Lipinski definition) is 1. The van der Waals surface area contributed by atoms with Gasteiger partial charge in [0.1, 0.15) is 5.82 Å². The van der Waals surface area contributed by atoms with Crippen LogP contribution in [0.2, 0.25) is 0 Å². The molecule has 1 N–H and O–H groups in total. The number of hydrogen-bond acceptors (Lipinski definition) is 4. The van der Waals surface area contributed by atoms with Gasteiger partial charge in [0.15, 0.2) is 0 Å². The molecule has 0 aliphatic heterocycles. The fourth-order valence-electron chi connectivity index (χ4n) is 2.86. The number of carbonyl (C=O) groups excluding carboxylic acids is 1. The van der Waals surface area contributed by atoms with Gasteiger partial charge in [-0.3, -0.25) is 4.79 Å². The van der Waals surface area contributed by atoms with Gasteiger partial charge >= 0.3 is 0 Å². The lowest BCUT2D eigenvalue weighted by atomic mass is 10.0. The first-order valence-corrected chi connectivity index (χ1v) is 9.53. The van der Waals surface area contributed by atoms with Crippen LogP contribution in [-0.2, 0) is 0 Å². The smallest absolute Gasteiger partial charge is 0.267 e. The van der Waals surface area contributed by atoms with Crippen LogP contribution in [0.3, 0.4) is 0 Å². The number of benzene rings is 2. The highest BCUT2D eigenvalue weighted by Crippen LogP contribution is 2.25. The molecule has 2 aromatic heterocycles. The van der Waals surface area contributed by atoms with Crippen LogP contribution in [0.5, 0.6) is 0 Å². The highest BCUT2D eigenvalue weighted by molar-refractivity contribution is 7.11. The number of rotatable bonds is 4. The summed E-state index contributed by atoms with van der Waals surface area (Å²) in [4.78, 5) is 18.4. The zero-order valence-electron chi connectivity index (χ0n) is 15.0. The lowest BCUT2D eigenvalue weighted by molar-refractivity contribution is 0.0956. The predicted molar refractivity (Wildman–Crippen MR) is 111 cm³/mol. The number of amides is 1. The largest absolute Gasteiger partial charge is 0.272 e. The molecular weight excluding hydrogens is 373 g/mol. The van der Waals surface area contributed by atoms with Gasteiger partial charge in [0, 0.05) is 15.8 Å². The normalized spacial score (nSPS) is 11.2. The predicted octanol–water partition coefficient (Wildman–Crippen LogP) is 5.17. The monoisotopic (exact) mass is 389 g/mol. The number of aromatic nitrogens is 1. The van der Waals surface area contributed by atoms with Crippen LogP contribution < -0.4 is 5.43 Å². The highest BCUT2D eigenvalue weighted by atomic mass is 32.1. The van der Waals surface area contributed by atoms with E-state index in [-0.39, 0.29) is 11.7 Å². The molecule has 2 aromatic carbocycles. The third kappa shape index (κ3) is 3.68. The average molecular weight is 389 g/mol. The minimum absolute atomic E-state index is 0.319. The van der Waals surface area contributed by atoms with Crippen molar-refractivity contribution in [3.05, 3.63) is 87.9 Å². The standard InChI is InChI=1S/C22H16FN3OS/c1-14-10-11-28-21(14)13-24-26-22(27)18-12-20(15-6-8-16(23)9-7-15)25-19-5-3-2-4-17(18)19/h2-13H,1H3,(H,26,27)/b24-13-. The number of nitrogens with one attached hydrogen (secondary N) is 1. The Hall–Kier alpha value is -3.38. The molecule has 28 heavy (non-hydrogen) atoms. The summed E-state index contributed by atoms with van der Waals surface area (Å²) in [6.45, 7) is 1.99. The lowest BCUT2D eigenvalue weighted by Crippen LogP contribution is -2.18. The second kappa shape index (κ2) is 7.70. The van der Waals surface area contributed by atoms with Gasteiger partial charge in [-0.15, -0.1) is 11.3 Å². The molecule has 0 saturated heterocycles. The minimum atomic E-state index is -0.326. The van der Waals surface area contributed by atoms with E-state index in [0.29, 0.717) is 16.8 Å². The van der Waals surface area contributed by atoms with Crippen LogP contribution in [0, 0.1) is 12.7 Å². The van der Waals surface area contributed by atoms with Gasteiger partial charge in [-0.05, 0) is 60.3 Å². The summed E-state index contributed by atoms with van der Waals surface area (Å²) in [5.41, 5.74) is 6.19. The third-order valence-corrected chi connectivity index (χ3v) is 5.30. The van der Waals surface area contributed by atoms with E-state index < -0.39 is 0 Å². The Bertz CT molecular complexity index is 1180. The summed E-state index contributed by atoms with van der Waals surface area (Å²) in [5.74, 6) is -0.645. The number of hydrazone groups is 1. The van der Waals surface area contributed by atoms with Gasteiger partial charge in [-0.2, -0.15) is 5.10 Å². The average Bonchev–Trinajstić information content (AvgIpc) is 3.12. The third-order valence-electron chi connectivity index (χ3n) is 4.35. The van der Waals surface area contributed by atoms with Crippen LogP contribution in [0.4, 0.5) is 4.39 Å². The first-order valence-electron chi connectivity index (χ1n) is 8.65. The van der Waals surface area contributed by atoms with Crippen LogP contribution in [-0.4, -0.2) is 17.1 Å². The summed E-state index contributed by atoms with van der Waals surface area (Å²) in [7, 11) is 0. The number of carbonyl (C=O) groups is 1. The molecule has 0 fully saturated rings. The molecule has 0 aliphatic rings. The number of fused-ring (bicyclic) bond motifs is 1. The Kier molecular flexibility index (Phi) is 4.95. The molecule has 4 aromatic rings. The van der Waals surface area contributed by atoms with E-state index in [1.165, 1.54) is 12.1 Å². The quantitative estimate of drug-likeness (QED) is 0.386. The Morgan fingerprint density at radius 2 is 1.93 bits per heavy atom. The van der Waals surface area contributed by atoms with E-state index in [1.54, 1.807) is 35.8 Å². The molecule has 1 amide bonds. The fourth-order valence-corrected chi connectivity index (χ4v) is 3.64. The molecular formula is C22H16FN3OS. The van der Waals surface area contributed by atoms with Gasteiger partial charge in [-0.25, -0.2) is 14.8 Å². The first kappa shape index (κ1) is 18.0. The van der Waals surface area contributed by atoms with E-state index in [9.17, 15) is 9.18 Å². The van der Waals surface area contributed by atoms with E-state index in [0.717, 1.165) is 21.4 Å². The maximum atomic E-state index is 13.2. The maximum Gasteiger partial charge on any atom is 0.272 e. The SMILES string of the molecule is Cc1ccsc1/C=N\NC(=O)c1cc(-c2ccc(F)cc2)nc2ccccc12. The number of nitrogens with zero attached hydrogens (tertiary/aromatic N) is 2. The second-order valence-electron chi connectivity index (χ2n) is 6.25. The minimum Gasteiger partial charge on any atom is -0.267 e. The van der Waals surface area contributed by atoms with Crippen LogP contribution in [0.1, 0.15) is 20.8 Å². The van der Waals surface area contributed by atoms with Crippen molar-refractivity contribution in [3.63, 3.8) is 0 Å². The van der Waals surface area contributed by atoms with Crippen LogP contribution in [0.25, 0.3) is 22.2 Å². The molecule has 0 spiro atoms. The van der Waals surface area contributed by atoms with Gasteiger partial charge in [0.05, 0.1) is 23.0 Å². The summed E-state index contributed by atoms with van der Waals surface area (Å²) >= 11 is 1.56.